The molecular formula is C16H21ClN2O3. The van der Waals surface area contributed by atoms with Crippen LogP contribution in [-0.4, -0.2) is 49.2 Å². The Labute approximate surface area is 134 Å². The second-order valence-electron chi connectivity index (χ2n) is 5.78. The molecule has 22 heavy (non-hydrogen) atoms. The van der Waals surface area contributed by atoms with Gasteiger partial charge in [0.25, 0.3) is 5.91 Å². The number of aliphatic hydroxyl groups is 1. The van der Waals surface area contributed by atoms with Gasteiger partial charge in [-0.3, -0.25) is 4.79 Å². The number of hydrogen-bond acceptors (Lipinski definition) is 4. The molecule has 2 rings (SSSR count). The molecule has 1 aromatic heterocycles. The van der Waals surface area contributed by atoms with Crippen molar-refractivity contribution < 1.29 is 14.3 Å². The number of nitrogens with zero attached hydrogens (tertiary/aromatic N) is 1. The minimum atomic E-state index is -0.625. The van der Waals surface area contributed by atoms with Crippen LogP contribution < -0.4 is 5.32 Å². The Morgan fingerprint density at radius 2 is 2.09 bits per heavy atom. The quantitative estimate of drug-likeness (QED) is 0.886. The number of carbonyl (C=O) groups excluding carboxylic acids is 1. The van der Waals surface area contributed by atoms with Gasteiger partial charge in [0, 0.05) is 29.1 Å². The summed E-state index contributed by atoms with van der Waals surface area (Å²) in [6.45, 7) is 4.36. The Kier molecular flexibility index (Phi) is 5.11. The highest BCUT2D eigenvalue weighted by Crippen LogP contribution is 2.30. The number of fused-ring (bicyclic) bond motifs is 1. The lowest BCUT2D eigenvalue weighted by atomic mass is 10.1. The first-order valence-electron chi connectivity index (χ1n) is 7.09. The van der Waals surface area contributed by atoms with E-state index in [0.717, 1.165) is 16.5 Å². The van der Waals surface area contributed by atoms with E-state index in [-0.39, 0.29) is 18.2 Å². The van der Waals surface area contributed by atoms with E-state index in [1.807, 2.05) is 45.0 Å². The molecule has 1 unspecified atom stereocenters. The van der Waals surface area contributed by atoms with E-state index in [0.29, 0.717) is 17.2 Å². The van der Waals surface area contributed by atoms with Gasteiger partial charge in [-0.15, -0.1) is 0 Å². The van der Waals surface area contributed by atoms with Crippen LogP contribution in [0.3, 0.4) is 0 Å². The van der Waals surface area contributed by atoms with Gasteiger partial charge in [-0.1, -0.05) is 11.6 Å². The van der Waals surface area contributed by atoms with Gasteiger partial charge in [0.05, 0.1) is 6.10 Å². The zero-order valence-electron chi connectivity index (χ0n) is 13.2. The van der Waals surface area contributed by atoms with Crippen molar-refractivity contribution in [2.75, 3.05) is 27.2 Å². The first-order chi connectivity index (χ1) is 10.3. The van der Waals surface area contributed by atoms with Crippen molar-refractivity contribution in [1.29, 1.82) is 0 Å². The molecule has 0 aliphatic rings. The summed E-state index contributed by atoms with van der Waals surface area (Å²) in [7, 11) is 3.72. The van der Waals surface area contributed by atoms with Crippen molar-refractivity contribution in [3.63, 3.8) is 0 Å². The monoisotopic (exact) mass is 324 g/mol. The van der Waals surface area contributed by atoms with Gasteiger partial charge >= 0.3 is 0 Å². The van der Waals surface area contributed by atoms with E-state index in [4.69, 9.17) is 16.0 Å². The number of halogens is 1. The number of nitrogens with one attached hydrogen (secondary N) is 1. The van der Waals surface area contributed by atoms with Crippen LogP contribution in [0.5, 0.6) is 0 Å². The first-order valence-corrected chi connectivity index (χ1v) is 7.47. The van der Waals surface area contributed by atoms with E-state index < -0.39 is 6.10 Å². The zero-order chi connectivity index (χ0) is 16.4. The van der Waals surface area contributed by atoms with Crippen LogP contribution in [0.15, 0.2) is 16.5 Å². The van der Waals surface area contributed by atoms with Gasteiger partial charge in [-0.05, 0) is 45.6 Å². The van der Waals surface area contributed by atoms with Crippen LogP contribution in [0.25, 0.3) is 11.0 Å². The Balaban J connectivity index is 2.16. The number of carbonyl (C=O) groups is 1. The Hall–Kier alpha value is -1.56. The Morgan fingerprint density at radius 1 is 1.41 bits per heavy atom. The number of hydrogen-bond donors (Lipinski definition) is 2. The highest BCUT2D eigenvalue weighted by Gasteiger charge is 2.19. The fourth-order valence-electron chi connectivity index (χ4n) is 2.33. The number of benzene rings is 1. The van der Waals surface area contributed by atoms with Crippen LogP contribution in [0.1, 0.15) is 21.7 Å². The van der Waals surface area contributed by atoms with E-state index in [2.05, 4.69) is 5.32 Å². The fourth-order valence-corrected chi connectivity index (χ4v) is 2.50. The van der Waals surface area contributed by atoms with E-state index in [1.54, 1.807) is 0 Å². The predicted molar refractivity (Wildman–Crippen MR) is 87.6 cm³/mol. The van der Waals surface area contributed by atoms with Crippen molar-refractivity contribution in [2.24, 2.45) is 0 Å². The normalized spacial score (nSPS) is 12.9. The molecule has 120 valence electrons. The molecule has 0 fully saturated rings. The van der Waals surface area contributed by atoms with Gasteiger partial charge in [0.1, 0.15) is 5.58 Å². The standard InChI is InChI=1S/C16H21ClN2O3/c1-9-5-14-12(6-13(9)17)10(2)15(22-14)16(21)18-7-11(20)8-19(3)4/h5-6,11,20H,7-8H2,1-4H3,(H,18,21). The van der Waals surface area contributed by atoms with Crippen molar-refractivity contribution >= 4 is 28.5 Å². The van der Waals surface area contributed by atoms with Gasteiger partial charge in [-0.25, -0.2) is 0 Å². The maximum Gasteiger partial charge on any atom is 0.287 e. The molecule has 1 heterocycles. The zero-order valence-corrected chi connectivity index (χ0v) is 14.0. The minimum absolute atomic E-state index is 0.174. The summed E-state index contributed by atoms with van der Waals surface area (Å²) in [5, 5.41) is 14.0. The molecule has 1 aromatic carbocycles. The van der Waals surface area contributed by atoms with Crippen molar-refractivity contribution in [3.05, 3.63) is 34.0 Å². The third kappa shape index (κ3) is 3.61. The van der Waals surface area contributed by atoms with Gasteiger partial charge in [0.2, 0.25) is 0 Å². The summed E-state index contributed by atoms with van der Waals surface area (Å²) in [5.74, 6) is -0.0750. The smallest absolute Gasteiger partial charge is 0.287 e. The first kappa shape index (κ1) is 16.8. The maximum absolute atomic E-state index is 12.2. The molecule has 6 heteroatoms. The fraction of sp³-hybridized carbons (Fsp3) is 0.438. The van der Waals surface area contributed by atoms with E-state index >= 15 is 0 Å². The second-order valence-corrected chi connectivity index (χ2v) is 6.19. The molecule has 0 spiro atoms. The molecule has 0 radical (unpaired) electrons. The summed E-state index contributed by atoms with van der Waals surface area (Å²) in [4.78, 5) is 14.1. The van der Waals surface area contributed by atoms with Crippen LogP contribution in [0.2, 0.25) is 5.02 Å². The third-order valence-electron chi connectivity index (χ3n) is 3.50. The third-order valence-corrected chi connectivity index (χ3v) is 3.91. The molecule has 0 aliphatic heterocycles. The molecule has 1 atom stereocenters. The average molecular weight is 325 g/mol. The molecule has 0 saturated heterocycles. The molecular weight excluding hydrogens is 304 g/mol. The molecule has 5 nitrogen and oxygen atoms in total. The number of aliphatic hydroxyl groups excluding tert-OH is 1. The lowest BCUT2D eigenvalue weighted by molar-refractivity contribution is 0.0867. The number of likely N-dealkylation sites (N-methyl/N-ethyl adjacent to an activating group) is 1. The Morgan fingerprint density at radius 3 is 2.73 bits per heavy atom. The molecule has 2 aromatic rings. The number of rotatable bonds is 5. The van der Waals surface area contributed by atoms with E-state index in [9.17, 15) is 9.90 Å². The highest BCUT2D eigenvalue weighted by atomic mass is 35.5. The van der Waals surface area contributed by atoms with Crippen LogP contribution in [-0.2, 0) is 0 Å². The van der Waals surface area contributed by atoms with Gasteiger partial charge in [0.15, 0.2) is 5.76 Å². The van der Waals surface area contributed by atoms with E-state index in [1.165, 1.54) is 0 Å². The van der Waals surface area contributed by atoms with Crippen molar-refractivity contribution in [2.45, 2.75) is 20.0 Å². The van der Waals surface area contributed by atoms with Crippen molar-refractivity contribution in [1.82, 2.24) is 10.2 Å². The number of furan rings is 1. The van der Waals surface area contributed by atoms with Gasteiger partial charge < -0.3 is 19.7 Å². The maximum atomic E-state index is 12.2. The summed E-state index contributed by atoms with van der Waals surface area (Å²) < 4.78 is 5.65. The molecule has 1 amide bonds. The summed E-state index contributed by atoms with van der Waals surface area (Å²) >= 11 is 6.12. The largest absolute Gasteiger partial charge is 0.451 e. The SMILES string of the molecule is Cc1cc2oc(C(=O)NCC(O)CN(C)C)c(C)c2cc1Cl. The van der Waals surface area contributed by atoms with Crippen molar-refractivity contribution in [3.8, 4) is 0 Å². The average Bonchev–Trinajstić information content (AvgIpc) is 2.73. The summed E-state index contributed by atoms with van der Waals surface area (Å²) in [6.07, 6.45) is -0.625. The predicted octanol–water partition coefficient (Wildman–Crippen LogP) is 2.36. The number of amides is 1. The second kappa shape index (κ2) is 6.69. The van der Waals surface area contributed by atoms with Crippen LogP contribution in [0, 0.1) is 13.8 Å². The molecule has 0 aliphatic carbocycles. The highest BCUT2D eigenvalue weighted by molar-refractivity contribution is 6.32. The minimum Gasteiger partial charge on any atom is -0.451 e. The van der Waals surface area contributed by atoms with Crippen LogP contribution >= 0.6 is 11.6 Å². The lowest BCUT2D eigenvalue weighted by Crippen LogP contribution is -2.37. The summed E-state index contributed by atoms with van der Waals surface area (Å²) in [6, 6.07) is 3.63. The topological polar surface area (TPSA) is 65.7 Å². The molecule has 0 bridgehead atoms. The molecule has 2 N–H and O–H groups in total. The van der Waals surface area contributed by atoms with Crippen LogP contribution in [0.4, 0.5) is 0 Å². The van der Waals surface area contributed by atoms with Gasteiger partial charge in [-0.2, -0.15) is 0 Å². The lowest BCUT2D eigenvalue weighted by Gasteiger charge is -2.16. The molecule has 0 saturated carbocycles. The summed E-state index contributed by atoms with van der Waals surface area (Å²) in [5.41, 5.74) is 2.28. The Bertz CT molecular complexity index is 694. The number of aryl methyl sites for hydroxylation is 2.